The summed E-state index contributed by atoms with van der Waals surface area (Å²) in [6.45, 7) is 7.11. The Bertz CT molecular complexity index is 260. The molecular weight excluding hydrogens is 156 g/mol. The molecule has 0 aromatic carbocycles. The monoisotopic (exact) mass is 176 g/mol. The van der Waals surface area contributed by atoms with Gasteiger partial charge < -0.3 is 0 Å². The smallest absolute Gasteiger partial charge is 0.0111 e. The number of fused-ring (bicyclic) bond motifs is 1. The van der Waals surface area contributed by atoms with E-state index in [1.807, 2.05) is 0 Å². The standard InChI is InChI=1S/C13H20/c1-13(2,3)12-9-8-10-6-4-5-7-11(10)12/h6-7,12H,4-5,8-9H2,1-3H3. The second kappa shape index (κ2) is 3.01. The zero-order valence-electron chi connectivity index (χ0n) is 9.06. The Kier molecular flexibility index (Phi) is 2.09. The first-order valence-corrected chi connectivity index (χ1v) is 5.48. The summed E-state index contributed by atoms with van der Waals surface area (Å²) in [4.78, 5) is 0. The molecule has 13 heavy (non-hydrogen) atoms. The Morgan fingerprint density at radius 3 is 2.54 bits per heavy atom. The Labute approximate surface area is 81.7 Å². The summed E-state index contributed by atoms with van der Waals surface area (Å²) in [6, 6.07) is 0. The lowest BCUT2D eigenvalue weighted by molar-refractivity contribution is 0.285. The van der Waals surface area contributed by atoms with Crippen molar-refractivity contribution >= 4 is 0 Å². The fourth-order valence-electron chi connectivity index (χ4n) is 2.71. The largest absolute Gasteiger partial charge is 0.0807 e. The van der Waals surface area contributed by atoms with E-state index in [4.69, 9.17) is 0 Å². The van der Waals surface area contributed by atoms with Crippen LogP contribution in [0.25, 0.3) is 0 Å². The molecule has 0 nitrogen and oxygen atoms in total. The van der Waals surface area contributed by atoms with Gasteiger partial charge in [-0.3, -0.25) is 0 Å². The van der Waals surface area contributed by atoms with Gasteiger partial charge in [0.2, 0.25) is 0 Å². The number of hydrogen-bond donors (Lipinski definition) is 0. The number of rotatable bonds is 0. The number of hydrogen-bond acceptors (Lipinski definition) is 0. The molecule has 0 saturated heterocycles. The van der Waals surface area contributed by atoms with Crippen molar-refractivity contribution in [3.8, 4) is 0 Å². The van der Waals surface area contributed by atoms with E-state index < -0.39 is 0 Å². The SMILES string of the molecule is CC(C)(C)C1CCC2=CCCC=C21. The van der Waals surface area contributed by atoms with Gasteiger partial charge in [0.25, 0.3) is 0 Å². The second-order valence-corrected chi connectivity index (χ2v) is 5.42. The molecular formula is C13H20. The molecule has 0 heterocycles. The molecule has 2 aliphatic carbocycles. The van der Waals surface area contributed by atoms with E-state index in [9.17, 15) is 0 Å². The van der Waals surface area contributed by atoms with Gasteiger partial charge in [-0.05, 0) is 48.2 Å². The van der Waals surface area contributed by atoms with Crippen LogP contribution in [0.1, 0.15) is 46.5 Å². The average Bonchev–Trinajstić information content (AvgIpc) is 2.45. The van der Waals surface area contributed by atoms with Crippen LogP contribution in [0.4, 0.5) is 0 Å². The van der Waals surface area contributed by atoms with Crippen molar-refractivity contribution in [3.05, 3.63) is 23.3 Å². The van der Waals surface area contributed by atoms with Gasteiger partial charge in [-0.25, -0.2) is 0 Å². The first-order chi connectivity index (χ1) is 6.09. The maximum absolute atomic E-state index is 2.48. The van der Waals surface area contributed by atoms with Crippen molar-refractivity contribution in [2.75, 3.05) is 0 Å². The highest BCUT2D eigenvalue weighted by atomic mass is 14.4. The molecule has 0 bridgehead atoms. The normalized spacial score (nSPS) is 28.1. The summed E-state index contributed by atoms with van der Waals surface area (Å²) < 4.78 is 0. The van der Waals surface area contributed by atoms with Crippen LogP contribution in [-0.4, -0.2) is 0 Å². The first kappa shape index (κ1) is 9.05. The molecule has 1 fully saturated rings. The minimum atomic E-state index is 0.457. The van der Waals surface area contributed by atoms with Crippen LogP contribution in [0.15, 0.2) is 23.3 Å². The third kappa shape index (κ3) is 1.59. The summed E-state index contributed by atoms with van der Waals surface area (Å²) in [7, 11) is 0. The van der Waals surface area contributed by atoms with Gasteiger partial charge in [0.15, 0.2) is 0 Å². The van der Waals surface area contributed by atoms with Gasteiger partial charge in [-0.15, -0.1) is 0 Å². The van der Waals surface area contributed by atoms with E-state index in [-0.39, 0.29) is 0 Å². The van der Waals surface area contributed by atoms with Crippen LogP contribution >= 0.6 is 0 Å². The van der Waals surface area contributed by atoms with Gasteiger partial charge in [-0.2, -0.15) is 0 Å². The molecule has 0 aliphatic heterocycles. The quantitative estimate of drug-likeness (QED) is 0.521. The highest BCUT2D eigenvalue weighted by Crippen LogP contribution is 2.47. The summed E-state index contributed by atoms with van der Waals surface area (Å²) in [5.74, 6) is 0.819. The van der Waals surface area contributed by atoms with Crippen molar-refractivity contribution in [2.24, 2.45) is 11.3 Å². The molecule has 1 atom stereocenters. The number of allylic oxidation sites excluding steroid dienone is 4. The maximum Gasteiger partial charge on any atom is -0.0111 e. The van der Waals surface area contributed by atoms with Crippen molar-refractivity contribution in [1.29, 1.82) is 0 Å². The third-order valence-corrected chi connectivity index (χ3v) is 3.42. The van der Waals surface area contributed by atoms with E-state index in [0.717, 1.165) is 5.92 Å². The van der Waals surface area contributed by atoms with E-state index in [1.165, 1.54) is 25.7 Å². The lowest BCUT2D eigenvalue weighted by Gasteiger charge is -2.29. The highest BCUT2D eigenvalue weighted by Gasteiger charge is 2.34. The molecule has 0 spiro atoms. The van der Waals surface area contributed by atoms with Gasteiger partial charge in [0.1, 0.15) is 0 Å². The minimum Gasteiger partial charge on any atom is -0.0807 e. The lowest BCUT2D eigenvalue weighted by atomic mass is 9.76. The van der Waals surface area contributed by atoms with Gasteiger partial charge in [0.05, 0.1) is 0 Å². The summed E-state index contributed by atoms with van der Waals surface area (Å²) in [5, 5.41) is 0. The van der Waals surface area contributed by atoms with Crippen molar-refractivity contribution < 1.29 is 0 Å². The molecule has 0 radical (unpaired) electrons. The molecule has 1 unspecified atom stereocenters. The highest BCUT2D eigenvalue weighted by molar-refractivity contribution is 5.40. The Morgan fingerprint density at radius 2 is 1.85 bits per heavy atom. The zero-order chi connectivity index (χ0) is 9.47. The molecule has 72 valence electrons. The fourth-order valence-corrected chi connectivity index (χ4v) is 2.71. The van der Waals surface area contributed by atoms with Crippen LogP contribution in [0.2, 0.25) is 0 Å². The molecule has 0 heteroatoms. The molecule has 2 aliphatic rings. The Morgan fingerprint density at radius 1 is 1.15 bits per heavy atom. The van der Waals surface area contributed by atoms with Crippen molar-refractivity contribution in [1.82, 2.24) is 0 Å². The van der Waals surface area contributed by atoms with E-state index >= 15 is 0 Å². The summed E-state index contributed by atoms with van der Waals surface area (Å²) in [5.41, 5.74) is 3.80. The molecule has 0 aromatic heterocycles. The Hall–Kier alpha value is -0.520. The second-order valence-electron chi connectivity index (χ2n) is 5.42. The van der Waals surface area contributed by atoms with Crippen LogP contribution in [0.3, 0.4) is 0 Å². The summed E-state index contributed by atoms with van der Waals surface area (Å²) in [6.07, 6.45) is 10.2. The molecule has 0 amide bonds. The van der Waals surface area contributed by atoms with Crippen LogP contribution in [0, 0.1) is 11.3 Å². The molecule has 2 rings (SSSR count). The van der Waals surface area contributed by atoms with Crippen LogP contribution in [-0.2, 0) is 0 Å². The molecule has 0 aromatic rings. The van der Waals surface area contributed by atoms with Crippen molar-refractivity contribution in [2.45, 2.75) is 46.5 Å². The van der Waals surface area contributed by atoms with Crippen molar-refractivity contribution in [3.63, 3.8) is 0 Å². The third-order valence-electron chi connectivity index (χ3n) is 3.42. The molecule has 1 saturated carbocycles. The topological polar surface area (TPSA) is 0 Å². The van der Waals surface area contributed by atoms with E-state index in [1.54, 1.807) is 11.1 Å². The lowest BCUT2D eigenvalue weighted by Crippen LogP contribution is -2.19. The first-order valence-electron chi connectivity index (χ1n) is 5.48. The zero-order valence-corrected chi connectivity index (χ0v) is 9.06. The van der Waals surface area contributed by atoms with Crippen LogP contribution in [0.5, 0.6) is 0 Å². The average molecular weight is 176 g/mol. The maximum atomic E-state index is 2.48. The van der Waals surface area contributed by atoms with E-state index in [0.29, 0.717) is 5.41 Å². The fraction of sp³-hybridized carbons (Fsp3) is 0.692. The Balaban J connectivity index is 2.27. The minimum absolute atomic E-state index is 0.457. The predicted octanol–water partition coefficient (Wildman–Crippen LogP) is 4.09. The predicted molar refractivity (Wildman–Crippen MR) is 57.6 cm³/mol. The van der Waals surface area contributed by atoms with Gasteiger partial charge in [0, 0.05) is 0 Å². The van der Waals surface area contributed by atoms with Crippen LogP contribution < -0.4 is 0 Å². The van der Waals surface area contributed by atoms with Gasteiger partial charge in [-0.1, -0.05) is 32.9 Å². The molecule has 0 N–H and O–H groups in total. The summed E-state index contributed by atoms with van der Waals surface area (Å²) >= 11 is 0. The van der Waals surface area contributed by atoms with Gasteiger partial charge >= 0.3 is 0 Å². The van der Waals surface area contributed by atoms with E-state index in [2.05, 4.69) is 32.9 Å².